The molecule has 0 aliphatic heterocycles. The lowest BCUT2D eigenvalue weighted by Crippen LogP contribution is -2.24. The summed E-state index contributed by atoms with van der Waals surface area (Å²) in [7, 11) is 0. The fraction of sp³-hybridized carbons (Fsp3) is 0.167. The Morgan fingerprint density at radius 2 is 2.18 bits per heavy atom. The highest BCUT2D eigenvalue weighted by atomic mass is 79.9. The fourth-order valence-corrected chi connectivity index (χ4v) is 1.73. The van der Waals surface area contributed by atoms with Crippen LogP contribution in [0.1, 0.15) is 5.56 Å². The van der Waals surface area contributed by atoms with Gasteiger partial charge in [-0.2, -0.15) is 5.10 Å². The number of amides is 1. The Kier molecular flexibility index (Phi) is 3.93. The third-order valence-electron chi connectivity index (χ3n) is 2.34. The van der Waals surface area contributed by atoms with Crippen LogP contribution in [0.4, 0.5) is 0 Å². The molecule has 0 saturated heterocycles. The quantitative estimate of drug-likeness (QED) is 0.875. The average molecular weight is 294 g/mol. The molecular formula is C12H12BrN3O. The Morgan fingerprint density at radius 3 is 2.88 bits per heavy atom. The highest BCUT2D eigenvalue weighted by molar-refractivity contribution is 9.09. The van der Waals surface area contributed by atoms with Crippen LogP contribution in [0.2, 0.25) is 0 Å². The SMILES string of the molecule is O=C(CBr)NCc1ccccc1-n1cccn1. The molecule has 17 heavy (non-hydrogen) atoms. The molecule has 2 aromatic rings. The molecule has 0 aliphatic rings. The van der Waals surface area contributed by atoms with Crippen LogP contribution in [0.25, 0.3) is 5.69 Å². The number of carbonyl (C=O) groups excluding carboxylic acids is 1. The first kappa shape index (κ1) is 11.9. The summed E-state index contributed by atoms with van der Waals surface area (Å²) in [5, 5.41) is 7.33. The van der Waals surface area contributed by atoms with Gasteiger partial charge in [0.05, 0.1) is 11.0 Å². The van der Waals surface area contributed by atoms with Crippen LogP contribution >= 0.6 is 15.9 Å². The Hall–Kier alpha value is -1.62. The molecule has 0 bridgehead atoms. The highest BCUT2D eigenvalue weighted by Gasteiger charge is 2.05. The van der Waals surface area contributed by atoms with Crippen molar-refractivity contribution in [3.63, 3.8) is 0 Å². The Labute approximate surface area is 108 Å². The van der Waals surface area contributed by atoms with Gasteiger partial charge in [-0.25, -0.2) is 4.68 Å². The first-order chi connectivity index (χ1) is 8.31. The smallest absolute Gasteiger partial charge is 0.230 e. The number of aromatic nitrogens is 2. The number of para-hydroxylation sites is 1. The van der Waals surface area contributed by atoms with Crippen LogP contribution in [0.5, 0.6) is 0 Å². The second kappa shape index (κ2) is 5.63. The van der Waals surface area contributed by atoms with E-state index in [2.05, 4.69) is 26.3 Å². The summed E-state index contributed by atoms with van der Waals surface area (Å²) in [6, 6.07) is 9.72. The maximum Gasteiger partial charge on any atom is 0.230 e. The van der Waals surface area contributed by atoms with E-state index in [1.807, 2.05) is 36.5 Å². The van der Waals surface area contributed by atoms with Crippen molar-refractivity contribution in [3.05, 3.63) is 48.3 Å². The molecule has 1 N–H and O–H groups in total. The van der Waals surface area contributed by atoms with E-state index in [0.717, 1.165) is 11.3 Å². The van der Waals surface area contributed by atoms with Gasteiger partial charge in [-0.05, 0) is 17.7 Å². The Morgan fingerprint density at radius 1 is 1.35 bits per heavy atom. The number of carbonyl (C=O) groups is 1. The minimum Gasteiger partial charge on any atom is -0.351 e. The molecule has 2 rings (SSSR count). The summed E-state index contributed by atoms with van der Waals surface area (Å²) < 4.78 is 1.79. The lowest BCUT2D eigenvalue weighted by molar-refractivity contribution is -0.118. The van der Waals surface area contributed by atoms with Gasteiger partial charge in [-0.1, -0.05) is 34.1 Å². The van der Waals surface area contributed by atoms with Crippen molar-refractivity contribution in [1.29, 1.82) is 0 Å². The second-order valence-corrected chi connectivity index (χ2v) is 4.05. The van der Waals surface area contributed by atoms with Crippen LogP contribution < -0.4 is 5.32 Å². The number of nitrogens with zero attached hydrogens (tertiary/aromatic N) is 2. The number of nitrogens with one attached hydrogen (secondary N) is 1. The second-order valence-electron chi connectivity index (χ2n) is 3.49. The van der Waals surface area contributed by atoms with Crippen molar-refractivity contribution in [3.8, 4) is 5.69 Å². The van der Waals surface area contributed by atoms with Gasteiger partial charge < -0.3 is 5.32 Å². The normalized spacial score (nSPS) is 10.2. The van der Waals surface area contributed by atoms with Crippen molar-refractivity contribution in [2.45, 2.75) is 6.54 Å². The Balaban J connectivity index is 2.20. The van der Waals surface area contributed by atoms with Gasteiger partial charge in [0.15, 0.2) is 0 Å². The highest BCUT2D eigenvalue weighted by Crippen LogP contribution is 2.12. The van der Waals surface area contributed by atoms with Crippen molar-refractivity contribution >= 4 is 21.8 Å². The van der Waals surface area contributed by atoms with Gasteiger partial charge in [0.2, 0.25) is 5.91 Å². The van der Waals surface area contributed by atoms with Crippen LogP contribution in [-0.2, 0) is 11.3 Å². The lowest BCUT2D eigenvalue weighted by Gasteiger charge is -2.09. The largest absolute Gasteiger partial charge is 0.351 e. The molecule has 88 valence electrons. The summed E-state index contributed by atoms with van der Waals surface area (Å²) in [5.41, 5.74) is 2.01. The molecule has 1 aromatic carbocycles. The van der Waals surface area contributed by atoms with Crippen molar-refractivity contribution in [1.82, 2.24) is 15.1 Å². The molecular weight excluding hydrogens is 282 g/mol. The van der Waals surface area contributed by atoms with Crippen LogP contribution in [0, 0.1) is 0 Å². The molecule has 1 amide bonds. The van der Waals surface area contributed by atoms with Crippen LogP contribution in [0.3, 0.4) is 0 Å². The minimum absolute atomic E-state index is 0.0275. The predicted octanol–water partition coefficient (Wildman–Crippen LogP) is 1.88. The van der Waals surface area contributed by atoms with Crippen molar-refractivity contribution in [2.75, 3.05) is 5.33 Å². The minimum atomic E-state index is -0.0275. The van der Waals surface area contributed by atoms with E-state index in [0.29, 0.717) is 11.9 Å². The molecule has 0 spiro atoms. The van der Waals surface area contributed by atoms with Crippen molar-refractivity contribution in [2.24, 2.45) is 0 Å². The van der Waals surface area contributed by atoms with E-state index in [1.54, 1.807) is 10.9 Å². The average Bonchev–Trinajstić information content (AvgIpc) is 2.90. The van der Waals surface area contributed by atoms with Crippen molar-refractivity contribution < 1.29 is 4.79 Å². The summed E-state index contributed by atoms with van der Waals surface area (Å²) in [6.07, 6.45) is 3.61. The van der Waals surface area contributed by atoms with Gasteiger partial charge >= 0.3 is 0 Å². The van der Waals surface area contributed by atoms with Gasteiger partial charge in [-0.3, -0.25) is 4.79 Å². The summed E-state index contributed by atoms with van der Waals surface area (Å²) in [5.74, 6) is -0.0275. The molecule has 0 radical (unpaired) electrons. The van der Waals surface area contributed by atoms with Gasteiger partial charge in [-0.15, -0.1) is 0 Å². The van der Waals surface area contributed by atoms with E-state index in [9.17, 15) is 4.79 Å². The molecule has 1 heterocycles. The third-order valence-corrected chi connectivity index (χ3v) is 2.85. The number of hydrogen-bond donors (Lipinski definition) is 1. The van der Waals surface area contributed by atoms with Gasteiger partial charge in [0, 0.05) is 18.9 Å². The lowest BCUT2D eigenvalue weighted by atomic mass is 10.2. The Bertz CT molecular complexity index is 496. The van der Waals surface area contributed by atoms with Gasteiger partial charge in [0.25, 0.3) is 0 Å². The maximum absolute atomic E-state index is 11.2. The first-order valence-corrected chi connectivity index (χ1v) is 6.34. The van der Waals surface area contributed by atoms with E-state index in [1.165, 1.54) is 0 Å². The molecule has 0 unspecified atom stereocenters. The summed E-state index contributed by atoms with van der Waals surface area (Å²) in [4.78, 5) is 11.2. The zero-order valence-electron chi connectivity index (χ0n) is 9.14. The van der Waals surface area contributed by atoms with E-state index in [-0.39, 0.29) is 5.91 Å². The molecule has 1 aromatic heterocycles. The van der Waals surface area contributed by atoms with Crippen LogP contribution in [0.15, 0.2) is 42.7 Å². The van der Waals surface area contributed by atoms with Gasteiger partial charge in [0.1, 0.15) is 0 Å². The van der Waals surface area contributed by atoms with Crippen LogP contribution in [-0.4, -0.2) is 21.0 Å². The molecule has 5 heteroatoms. The van der Waals surface area contributed by atoms with E-state index in [4.69, 9.17) is 0 Å². The van der Waals surface area contributed by atoms with E-state index < -0.39 is 0 Å². The van der Waals surface area contributed by atoms with E-state index >= 15 is 0 Å². The monoisotopic (exact) mass is 293 g/mol. The zero-order chi connectivity index (χ0) is 12.1. The molecule has 0 atom stereocenters. The zero-order valence-corrected chi connectivity index (χ0v) is 10.7. The fourth-order valence-electron chi connectivity index (χ4n) is 1.54. The number of halogens is 1. The molecule has 0 saturated carbocycles. The number of rotatable bonds is 4. The summed E-state index contributed by atoms with van der Waals surface area (Å²) >= 11 is 3.12. The number of benzene rings is 1. The molecule has 0 fully saturated rings. The standard InChI is InChI=1S/C12H12BrN3O/c13-8-12(17)14-9-10-4-1-2-5-11(10)16-7-3-6-15-16/h1-7H,8-9H2,(H,14,17). The predicted molar refractivity (Wildman–Crippen MR) is 69.2 cm³/mol. The molecule has 0 aliphatic carbocycles. The maximum atomic E-state index is 11.2. The molecule has 4 nitrogen and oxygen atoms in total. The topological polar surface area (TPSA) is 46.9 Å². The summed E-state index contributed by atoms with van der Waals surface area (Å²) in [6.45, 7) is 0.500. The third kappa shape index (κ3) is 2.94. The number of hydrogen-bond acceptors (Lipinski definition) is 2. The number of alkyl halides is 1. The first-order valence-electron chi connectivity index (χ1n) is 5.22.